The SMILES string of the molecule is CCCCn1c(=O)[nH]c(=O)c2c1nc(CN1CCN(C(=O)OCC)CC1)n2CC. The number of fused-ring (bicyclic) bond motifs is 1. The first kappa shape index (κ1) is 21.1. The van der Waals surface area contributed by atoms with Gasteiger partial charge in [-0.1, -0.05) is 13.3 Å². The molecule has 0 aliphatic carbocycles. The lowest BCUT2D eigenvalue weighted by atomic mass is 10.3. The fourth-order valence-corrected chi connectivity index (χ4v) is 3.71. The molecule has 0 saturated carbocycles. The molecule has 0 aromatic carbocycles. The minimum atomic E-state index is -0.411. The predicted octanol–water partition coefficient (Wildman–Crippen LogP) is 0.980. The van der Waals surface area contributed by atoms with Gasteiger partial charge in [-0.25, -0.2) is 14.6 Å². The molecule has 0 spiro atoms. The zero-order valence-electron chi connectivity index (χ0n) is 17.4. The Morgan fingerprint density at radius 3 is 2.45 bits per heavy atom. The summed E-state index contributed by atoms with van der Waals surface area (Å²) in [6.07, 6.45) is 1.50. The van der Waals surface area contributed by atoms with Crippen LogP contribution in [0.3, 0.4) is 0 Å². The second-order valence-electron chi connectivity index (χ2n) is 7.17. The van der Waals surface area contributed by atoms with Gasteiger partial charge in [0.05, 0.1) is 13.2 Å². The van der Waals surface area contributed by atoms with Crippen molar-refractivity contribution in [1.29, 1.82) is 0 Å². The van der Waals surface area contributed by atoms with Gasteiger partial charge in [-0.05, 0) is 20.3 Å². The highest BCUT2D eigenvalue weighted by Gasteiger charge is 2.24. The van der Waals surface area contributed by atoms with Crippen LogP contribution in [-0.4, -0.2) is 67.8 Å². The topological polar surface area (TPSA) is 105 Å². The molecule has 29 heavy (non-hydrogen) atoms. The predicted molar refractivity (Wildman–Crippen MR) is 109 cm³/mol. The quantitative estimate of drug-likeness (QED) is 0.735. The van der Waals surface area contributed by atoms with Crippen LogP contribution in [0.4, 0.5) is 4.79 Å². The summed E-state index contributed by atoms with van der Waals surface area (Å²) >= 11 is 0. The van der Waals surface area contributed by atoms with E-state index in [0.29, 0.717) is 63.6 Å². The number of amides is 1. The minimum Gasteiger partial charge on any atom is -0.450 e. The van der Waals surface area contributed by atoms with E-state index in [1.54, 1.807) is 16.4 Å². The van der Waals surface area contributed by atoms with Crippen LogP contribution in [-0.2, 0) is 24.4 Å². The number of nitrogens with zero attached hydrogens (tertiary/aromatic N) is 5. The Bertz CT molecular complexity index is 967. The largest absolute Gasteiger partial charge is 0.450 e. The molecule has 3 rings (SSSR count). The molecule has 1 aliphatic rings. The third-order valence-electron chi connectivity index (χ3n) is 5.28. The van der Waals surface area contributed by atoms with Gasteiger partial charge in [-0.2, -0.15) is 0 Å². The summed E-state index contributed by atoms with van der Waals surface area (Å²) in [5.41, 5.74) is 0.0920. The summed E-state index contributed by atoms with van der Waals surface area (Å²) in [4.78, 5) is 47.7. The molecule has 2 aromatic heterocycles. The van der Waals surface area contributed by atoms with E-state index in [1.807, 2.05) is 11.5 Å². The zero-order valence-corrected chi connectivity index (χ0v) is 17.4. The first-order valence-electron chi connectivity index (χ1n) is 10.4. The molecular weight excluding hydrogens is 376 g/mol. The summed E-state index contributed by atoms with van der Waals surface area (Å²) in [6, 6.07) is 0. The van der Waals surface area contributed by atoms with Crippen molar-refractivity contribution in [3.05, 3.63) is 26.7 Å². The van der Waals surface area contributed by atoms with E-state index in [9.17, 15) is 14.4 Å². The molecule has 2 aromatic rings. The first-order chi connectivity index (χ1) is 14.0. The number of rotatable bonds is 7. The van der Waals surface area contributed by atoms with Crippen LogP contribution in [0.2, 0.25) is 0 Å². The molecule has 1 amide bonds. The highest BCUT2D eigenvalue weighted by Crippen LogP contribution is 2.15. The third-order valence-corrected chi connectivity index (χ3v) is 5.28. The molecule has 0 unspecified atom stereocenters. The Kier molecular flexibility index (Phi) is 6.73. The van der Waals surface area contributed by atoms with Gasteiger partial charge in [-0.15, -0.1) is 0 Å². The van der Waals surface area contributed by atoms with Crippen LogP contribution < -0.4 is 11.2 Å². The summed E-state index contributed by atoms with van der Waals surface area (Å²) in [7, 11) is 0. The molecule has 10 heteroatoms. The maximum absolute atomic E-state index is 12.5. The lowest BCUT2D eigenvalue weighted by Crippen LogP contribution is -2.48. The average Bonchev–Trinajstić information content (AvgIpc) is 3.07. The van der Waals surface area contributed by atoms with Gasteiger partial charge < -0.3 is 14.2 Å². The number of imidazole rings is 1. The standard InChI is InChI=1S/C19H30N6O4/c1-4-7-8-25-16-15(17(26)21-18(25)27)24(5-2)14(20-16)13-22-9-11-23(12-10-22)19(28)29-6-3/h4-13H2,1-3H3,(H,21,26,27). The van der Waals surface area contributed by atoms with Crippen molar-refractivity contribution in [1.82, 2.24) is 28.9 Å². The maximum Gasteiger partial charge on any atom is 0.409 e. The number of hydrogen-bond donors (Lipinski definition) is 1. The van der Waals surface area contributed by atoms with Crippen LogP contribution in [0.25, 0.3) is 11.2 Å². The van der Waals surface area contributed by atoms with E-state index < -0.39 is 11.2 Å². The molecular formula is C19H30N6O4. The van der Waals surface area contributed by atoms with E-state index >= 15 is 0 Å². The normalized spacial score (nSPS) is 15.2. The van der Waals surface area contributed by atoms with Crippen LogP contribution in [0.15, 0.2) is 9.59 Å². The van der Waals surface area contributed by atoms with Crippen LogP contribution in [0, 0.1) is 0 Å². The molecule has 160 valence electrons. The van der Waals surface area contributed by atoms with Crippen LogP contribution in [0.1, 0.15) is 39.4 Å². The average molecular weight is 406 g/mol. The van der Waals surface area contributed by atoms with Gasteiger partial charge >= 0.3 is 11.8 Å². The second kappa shape index (κ2) is 9.25. The molecule has 3 heterocycles. The summed E-state index contributed by atoms with van der Waals surface area (Å²) < 4.78 is 8.51. The lowest BCUT2D eigenvalue weighted by molar-refractivity contribution is 0.0769. The first-order valence-corrected chi connectivity index (χ1v) is 10.4. The summed E-state index contributed by atoms with van der Waals surface area (Å²) in [5.74, 6) is 0.758. The van der Waals surface area contributed by atoms with Gasteiger partial charge in [0.15, 0.2) is 11.2 Å². The number of aromatic nitrogens is 4. The van der Waals surface area contributed by atoms with Gasteiger partial charge in [0.1, 0.15) is 5.82 Å². The Morgan fingerprint density at radius 1 is 1.10 bits per heavy atom. The number of aromatic amines is 1. The number of carbonyl (C=O) groups is 1. The van der Waals surface area contributed by atoms with E-state index in [2.05, 4.69) is 16.8 Å². The highest BCUT2D eigenvalue weighted by atomic mass is 16.6. The van der Waals surface area contributed by atoms with Gasteiger partial charge in [0, 0.05) is 39.3 Å². The van der Waals surface area contributed by atoms with Crippen molar-refractivity contribution >= 4 is 17.3 Å². The van der Waals surface area contributed by atoms with Crippen molar-refractivity contribution < 1.29 is 9.53 Å². The number of carbonyl (C=O) groups excluding carboxylic acids is 1. The number of unbranched alkanes of at least 4 members (excludes halogenated alkanes) is 1. The molecule has 0 atom stereocenters. The third kappa shape index (κ3) is 4.36. The number of H-pyrrole nitrogens is 1. The van der Waals surface area contributed by atoms with Gasteiger partial charge in [-0.3, -0.25) is 19.2 Å². The Morgan fingerprint density at radius 2 is 1.83 bits per heavy atom. The summed E-state index contributed by atoms with van der Waals surface area (Å²) in [5, 5.41) is 0. The molecule has 0 radical (unpaired) electrons. The Balaban J connectivity index is 1.85. The van der Waals surface area contributed by atoms with Crippen molar-refractivity contribution in [2.24, 2.45) is 0 Å². The lowest BCUT2D eigenvalue weighted by Gasteiger charge is -2.33. The fraction of sp³-hybridized carbons (Fsp3) is 0.684. The van der Waals surface area contributed by atoms with Crippen molar-refractivity contribution in [3.63, 3.8) is 0 Å². The van der Waals surface area contributed by atoms with Gasteiger partial charge in [0.2, 0.25) is 0 Å². The maximum atomic E-state index is 12.5. The van der Waals surface area contributed by atoms with Crippen LogP contribution >= 0.6 is 0 Å². The highest BCUT2D eigenvalue weighted by molar-refractivity contribution is 5.71. The smallest absolute Gasteiger partial charge is 0.409 e. The number of aryl methyl sites for hydroxylation is 2. The Labute approximate surface area is 169 Å². The van der Waals surface area contributed by atoms with E-state index in [0.717, 1.165) is 18.7 Å². The monoisotopic (exact) mass is 406 g/mol. The van der Waals surface area contributed by atoms with Crippen molar-refractivity contribution in [3.8, 4) is 0 Å². The van der Waals surface area contributed by atoms with E-state index in [-0.39, 0.29) is 6.09 Å². The van der Waals surface area contributed by atoms with Crippen LogP contribution in [0.5, 0.6) is 0 Å². The fourth-order valence-electron chi connectivity index (χ4n) is 3.71. The number of piperazine rings is 1. The molecule has 1 aliphatic heterocycles. The number of ether oxygens (including phenoxy) is 1. The molecule has 0 bridgehead atoms. The van der Waals surface area contributed by atoms with Gasteiger partial charge in [0.25, 0.3) is 5.56 Å². The zero-order chi connectivity index (χ0) is 21.0. The molecule has 1 saturated heterocycles. The van der Waals surface area contributed by atoms with Crippen molar-refractivity contribution in [2.75, 3.05) is 32.8 Å². The number of nitrogens with one attached hydrogen (secondary N) is 1. The van der Waals surface area contributed by atoms with E-state index in [1.165, 1.54) is 0 Å². The van der Waals surface area contributed by atoms with E-state index in [4.69, 9.17) is 9.72 Å². The summed E-state index contributed by atoms with van der Waals surface area (Å²) in [6.45, 7) is 10.4. The minimum absolute atomic E-state index is 0.278. The molecule has 10 nitrogen and oxygen atoms in total. The molecule has 1 fully saturated rings. The second-order valence-corrected chi connectivity index (χ2v) is 7.17. The number of hydrogen-bond acceptors (Lipinski definition) is 6. The molecule has 1 N–H and O–H groups in total. The van der Waals surface area contributed by atoms with Crippen molar-refractivity contribution in [2.45, 2.75) is 53.2 Å². The Hall–Kier alpha value is -2.62.